The SMILES string of the molecule is C[C@@H](NC(=O)CN[C@H]1CCCN(Cc2noc(C3CC3)n2)C1)C1CC1. The van der Waals surface area contributed by atoms with Gasteiger partial charge in [0.15, 0.2) is 5.82 Å². The van der Waals surface area contributed by atoms with E-state index in [4.69, 9.17) is 4.52 Å². The summed E-state index contributed by atoms with van der Waals surface area (Å²) in [7, 11) is 0. The highest BCUT2D eigenvalue weighted by Gasteiger charge is 2.31. The fourth-order valence-electron chi connectivity index (χ4n) is 3.65. The van der Waals surface area contributed by atoms with Crippen LogP contribution in [0.15, 0.2) is 4.52 Å². The molecule has 1 aromatic rings. The van der Waals surface area contributed by atoms with E-state index in [1.807, 2.05) is 0 Å². The second-order valence-electron chi connectivity index (χ2n) is 7.97. The van der Waals surface area contributed by atoms with Gasteiger partial charge in [0.25, 0.3) is 0 Å². The molecule has 1 amide bonds. The molecule has 2 N–H and O–H groups in total. The molecule has 3 aliphatic rings. The Hall–Kier alpha value is -1.47. The molecule has 0 unspecified atom stereocenters. The molecule has 138 valence electrons. The van der Waals surface area contributed by atoms with Crippen molar-refractivity contribution in [2.24, 2.45) is 5.92 Å². The molecule has 25 heavy (non-hydrogen) atoms. The smallest absolute Gasteiger partial charge is 0.234 e. The lowest BCUT2D eigenvalue weighted by atomic mass is 10.1. The number of piperidine rings is 1. The van der Waals surface area contributed by atoms with Crippen LogP contribution in [0.1, 0.15) is 63.1 Å². The Balaban J connectivity index is 1.19. The molecular weight excluding hydrogens is 318 g/mol. The summed E-state index contributed by atoms with van der Waals surface area (Å²) in [4.78, 5) is 18.9. The average Bonchev–Trinajstić information content (AvgIpc) is 3.52. The number of carbonyl (C=O) groups excluding carboxylic acids is 1. The Labute approximate surface area is 148 Å². The van der Waals surface area contributed by atoms with Crippen LogP contribution in [0.5, 0.6) is 0 Å². The van der Waals surface area contributed by atoms with E-state index < -0.39 is 0 Å². The van der Waals surface area contributed by atoms with E-state index in [-0.39, 0.29) is 5.91 Å². The molecule has 1 saturated heterocycles. The molecule has 1 aliphatic heterocycles. The largest absolute Gasteiger partial charge is 0.352 e. The maximum atomic E-state index is 12.1. The van der Waals surface area contributed by atoms with Gasteiger partial charge in [-0.15, -0.1) is 0 Å². The van der Waals surface area contributed by atoms with E-state index in [0.717, 1.165) is 44.2 Å². The van der Waals surface area contributed by atoms with Gasteiger partial charge in [-0.1, -0.05) is 5.16 Å². The summed E-state index contributed by atoms with van der Waals surface area (Å²) in [6, 6.07) is 0.668. The lowest BCUT2D eigenvalue weighted by Crippen LogP contribution is -2.49. The summed E-state index contributed by atoms with van der Waals surface area (Å²) < 4.78 is 5.34. The van der Waals surface area contributed by atoms with Crippen molar-refractivity contribution in [1.82, 2.24) is 25.7 Å². The van der Waals surface area contributed by atoms with Crippen LogP contribution in [0, 0.1) is 5.92 Å². The molecule has 7 heteroatoms. The summed E-state index contributed by atoms with van der Waals surface area (Å²) >= 11 is 0. The van der Waals surface area contributed by atoms with E-state index in [9.17, 15) is 4.79 Å². The van der Waals surface area contributed by atoms with E-state index in [1.165, 1.54) is 25.7 Å². The zero-order valence-corrected chi connectivity index (χ0v) is 15.0. The molecular formula is C18H29N5O2. The second kappa shape index (κ2) is 7.41. The van der Waals surface area contributed by atoms with Crippen molar-refractivity contribution in [2.75, 3.05) is 19.6 Å². The first-order valence-corrected chi connectivity index (χ1v) is 9.75. The van der Waals surface area contributed by atoms with Crippen LogP contribution in [0.3, 0.4) is 0 Å². The Bertz CT molecular complexity index is 596. The molecule has 3 fully saturated rings. The normalized spacial score (nSPS) is 25.7. The van der Waals surface area contributed by atoms with Crippen molar-refractivity contribution in [3.8, 4) is 0 Å². The van der Waals surface area contributed by atoms with Crippen molar-refractivity contribution < 1.29 is 9.32 Å². The molecule has 1 aromatic heterocycles. The van der Waals surface area contributed by atoms with Crippen molar-refractivity contribution in [3.05, 3.63) is 11.7 Å². The molecule has 0 spiro atoms. The van der Waals surface area contributed by atoms with Crippen LogP contribution in [0.2, 0.25) is 0 Å². The summed E-state index contributed by atoms with van der Waals surface area (Å²) in [5.41, 5.74) is 0. The van der Waals surface area contributed by atoms with Crippen molar-refractivity contribution in [1.29, 1.82) is 0 Å². The third kappa shape index (κ3) is 4.79. The van der Waals surface area contributed by atoms with E-state index in [1.54, 1.807) is 0 Å². The summed E-state index contributed by atoms with van der Waals surface area (Å²) in [6.45, 7) is 5.23. The van der Waals surface area contributed by atoms with Crippen molar-refractivity contribution in [2.45, 2.75) is 70.0 Å². The monoisotopic (exact) mass is 347 g/mol. The van der Waals surface area contributed by atoms with Gasteiger partial charge in [0.05, 0.1) is 13.1 Å². The predicted octanol–water partition coefficient (Wildman–Crippen LogP) is 1.42. The number of hydrogen-bond donors (Lipinski definition) is 2. The minimum atomic E-state index is 0.115. The summed E-state index contributed by atoms with van der Waals surface area (Å²) in [5.74, 6) is 2.92. The number of nitrogens with zero attached hydrogens (tertiary/aromatic N) is 3. The van der Waals surface area contributed by atoms with Crippen LogP contribution in [0.4, 0.5) is 0 Å². The Morgan fingerprint density at radius 3 is 2.92 bits per heavy atom. The maximum absolute atomic E-state index is 12.1. The van der Waals surface area contributed by atoms with Gasteiger partial charge in [-0.05, 0) is 57.9 Å². The first-order valence-electron chi connectivity index (χ1n) is 9.75. The standard InChI is InChI=1S/C18H29N5O2/c1-12(13-4-5-13)20-17(24)9-19-15-3-2-8-23(10-15)11-16-21-18(25-22-16)14-6-7-14/h12-15,19H,2-11H2,1H3,(H,20,24)/t12-,15+/m1/s1. The number of likely N-dealkylation sites (tertiary alicyclic amines) is 1. The summed E-state index contributed by atoms with van der Waals surface area (Å²) in [6.07, 6.45) is 7.11. The molecule has 0 aromatic carbocycles. The molecule has 0 bridgehead atoms. The zero-order chi connectivity index (χ0) is 17.2. The van der Waals surface area contributed by atoms with Gasteiger partial charge in [-0.2, -0.15) is 4.98 Å². The topological polar surface area (TPSA) is 83.3 Å². The van der Waals surface area contributed by atoms with Crippen molar-refractivity contribution >= 4 is 5.91 Å². The second-order valence-corrected chi connectivity index (χ2v) is 7.97. The van der Waals surface area contributed by atoms with Crippen LogP contribution < -0.4 is 10.6 Å². The highest BCUT2D eigenvalue weighted by Crippen LogP contribution is 2.38. The summed E-state index contributed by atoms with van der Waals surface area (Å²) in [5, 5.41) is 10.6. The first-order chi connectivity index (χ1) is 12.2. The van der Waals surface area contributed by atoms with Crippen LogP contribution in [-0.2, 0) is 11.3 Å². The highest BCUT2D eigenvalue weighted by molar-refractivity contribution is 5.78. The Morgan fingerprint density at radius 1 is 1.32 bits per heavy atom. The van der Waals surface area contributed by atoms with Gasteiger partial charge in [0, 0.05) is 24.5 Å². The van der Waals surface area contributed by atoms with E-state index >= 15 is 0 Å². The van der Waals surface area contributed by atoms with Crippen molar-refractivity contribution in [3.63, 3.8) is 0 Å². The minimum absolute atomic E-state index is 0.115. The van der Waals surface area contributed by atoms with Gasteiger partial charge >= 0.3 is 0 Å². The molecule has 2 heterocycles. The number of carbonyl (C=O) groups is 1. The molecule has 2 saturated carbocycles. The predicted molar refractivity (Wildman–Crippen MR) is 92.9 cm³/mol. The molecule has 0 radical (unpaired) electrons. The molecule has 4 rings (SSSR count). The average molecular weight is 347 g/mol. The van der Waals surface area contributed by atoms with Gasteiger partial charge in [0.1, 0.15) is 0 Å². The van der Waals surface area contributed by atoms with Crippen LogP contribution >= 0.6 is 0 Å². The molecule has 2 aliphatic carbocycles. The fraction of sp³-hybridized carbons (Fsp3) is 0.833. The van der Waals surface area contributed by atoms with Gasteiger partial charge in [-0.3, -0.25) is 9.69 Å². The maximum Gasteiger partial charge on any atom is 0.234 e. The van der Waals surface area contributed by atoms with Crippen LogP contribution in [-0.4, -0.2) is 52.7 Å². The third-order valence-electron chi connectivity index (χ3n) is 5.55. The number of rotatable bonds is 8. The van der Waals surface area contributed by atoms with Gasteiger partial charge in [0.2, 0.25) is 11.8 Å². The number of aromatic nitrogens is 2. The van der Waals surface area contributed by atoms with E-state index in [0.29, 0.717) is 30.5 Å². The fourth-order valence-corrected chi connectivity index (χ4v) is 3.65. The number of amides is 1. The third-order valence-corrected chi connectivity index (χ3v) is 5.55. The molecule has 7 nitrogen and oxygen atoms in total. The lowest BCUT2D eigenvalue weighted by molar-refractivity contribution is -0.121. The Morgan fingerprint density at radius 2 is 2.16 bits per heavy atom. The van der Waals surface area contributed by atoms with E-state index in [2.05, 4.69) is 32.6 Å². The molecule has 2 atom stereocenters. The Kier molecular flexibility index (Phi) is 5.03. The first kappa shape index (κ1) is 17.0. The van der Waals surface area contributed by atoms with Gasteiger partial charge < -0.3 is 15.2 Å². The highest BCUT2D eigenvalue weighted by atomic mass is 16.5. The van der Waals surface area contributed by atoms with Gasteiger partial charge in [-0.25, -0.2) is 0 Å². The zero-order valence-electron chi connectivity index (χ0n) is 15.0. The van der Waals surface area contributed by atoms with Crippen LogP contribution in [0.25, 0.3) is 0 Å². The quantitative estimate of drug-likeness (QED) is 0.740. The number of hydrogen-bond acceptors (Lipinski definition) is 6. The minimum Gasteiger partial charge on any atom is -0.352 e. The number of nitrogens with one attached hydrogen (secondary N) is 2. The lowest BCUT2D eigenvalue weighted by Gasteiger charge is -2.32.